The second-order valence-electron chi connectivity index (χ2n) is 19.0. The molecule has 66 heavy (non-hydrogen) atoms. The molecule has 0 radical (unpaired) electrons. The molecule has 13 heteroatoms. The molecule has 12 nitrogen and oxygen atoms in total. The van der Waals surface area contributed by atoms with E-state index in [1.165, 1.54) is 17.5 Å². The number of carbonyl (C=O) groups is 4. The molecule has 5 rings (SSSR count). The lowest BCUT2D eigenvalue weighted by Crippen LogP contribution is -2.60. The Morgan fingerprint density at radius 3 is 1.94 bits per heavy atom. The number of nitrogens with one attached hydrogen (secondary N) is 2. The zero-order chi connectivity index (χ0) is 48.2. The first-order valence-corrected chi connectivity index (χ1v) is 24.3. The Bertz CT molecular complexity index is 2050. The Hall–Kier alpha value is -4.69. The van der Waals surface area contributed by atoms with Crippen LogP contribution in [-0.4, -0.2) is 128 Å². The Morgan fingerprint density at radius 2 is 1.38 bits per heavy atom. The first-order chi connectivity index (χ1) is 31.6. The largest absolute Gasteiger partial charge is 0.448 e. The maximum atomic E-state index is 14.4. The number of hydrogen-bond acceptors (Lipinski definition) is 9. The second-order valence-corrected chi connectivity index (χ2v) is 19.4. The predicted molar refractivity (Wildman–Crippen MR) is 265 cm³/mol. The molecule has 3 aromatic rings. The van der Waals surface area contributed by atoms with Gasteiger partial charge in [-0.15, -0.1) is 0 Å². The van der Waals surface area contributed by atoms with Crippen molar-refractivity contribution in [2.75, 3.05) is 48.0 Å². The maximum Gasteiger partial charge on any atom is 0.410 e. The summed E-state index contributed by atoms with van der Waals surface area (Å²) in [5, 5.41) is 6.12. The Balaban J connectivity index is 1.24. The lowest BCUT2D eigenvalue weighted by Gasteiger charge is -2.43. The van der Waals surface area contributed by atoms with Gasteiger partial charge < -0.3 is 24.4 Å². The zero-order valence-electron chi connectivity index (χ0n) is 41.1. The molecule has 0 bridgehead atoms. The molecule has 1 saturated heterocycles. The number of methoxy groups -OCH3 is 2. The van der Waals surface area contributed by atoms with Gasteiger partial charge in [0.2, 0.25) is 17.7 Å². The van der Waals surface area contributed by atoms with Gasteiger partial charge in [0.1, 0.15) is 12.6 Å². The summed E-state index contributed by atoms with van der Waals surface area (Å²) in [7, 11) is 6.71. The van der Waals surface area contributed by atoms with E-state index in [1.54, 1.807) is 14.2 Å². The highest BCUT2D eigenvalue weighted by molar-refractivity contribution is 7.80. The topological polar surface area (TPSA) is 130 Å². The number of nitrogens with zero attached hydrogens (tertiary/aromatic N) is 3. The van der Waals surface area contributed by atoms with Crippen LogP contribution in [0.5, 0.6) is 0 Å². The molecule has 8 atom stereocenters. The van der Waals surface area contributed by atoms with Crippen molar-refractivity contribution in [1.82, 2.24) is 25.3 Å². The summed E-state index contributed by atoms with van der Waals surface area (Å²) in [5.74, 6) is -1.92. The van der Waals surface area contributed by atoms with Crippen LogP contribution in [0, 0.1) is 23.7 Å². The van der Waals surface area contributed by atoms with Crippen LogP contribution in [0.1, 0.15) is 96.8 Å². The van der Waals surface area contributed by atoms with E-state index in [0.717, 1.165) is 47.9 Å². The average Bonchev–Trinajstić information content (AvgIpc) is 3.91. The molecule has 0 saturated carbocycles. The van der Waals surface area contributed by atoms with Crippen molar-refractivity contribution in [3.8, 4) is 11.1 Å². The third-order valence-electron chi connectivity index (χ3n) is 14.0. The predicted octanol–water partition coefficient (Wildman–Crippen LogP) is 8.11. The second kappa shape index (κ2) is 24.4. The molecule has 1 fully saturated rings. The van der Waals surface area contributed by atoms with Crippen LogP contribution in [0.25, 0.3) is 11.1 Å². The highest BCUT2D eigenvalue weighted by atomic mass is 32.1. The Morgan fingerprint density at radius 1 is 0.803 bits per heavy atom. The molecule has 2 aliphatic rings. The lowest BCUT2D eigenvalue weighted by molar-refractivity contribution is -0.141. The third-order valence-corrected chi connectivity index (χ3v) is 14.5. The van der Waals surface area contributed by atoms with E-state index in [0.29, 0.717) is 18.1 Å². The van der Waals surface area contributed by atoms with E-state index in [9.17, 15) is 19.2 Å². The van der Waals surface area contributed by atoms with Crippen LogP contribution < -0.4 is 10.6 Å². The standard InChI is InChI=1S/C53H75N5O7S/c1-12-35(6)48(44(63-10)31-45(59)58-30-20-27-43(58)49(64-11)36(7)52(66)54-29-28-37-21-14-13-15-22-37)56(8)46(33(2)3)50(60)55-51(61)47(34(4)5)57(9)53(62)65-32-42-40-25-18-16-23-38(40)39-24-17-19-26-41(39)42/h13-19,21-26,33-36,42-44,46-49H,12,20,27-32H2,1-11H3,(H,54,66)(H,55,60,61)/t35-,36+,43-,44+,46-,47-,48-,49+/m0/s1. The Labute approximate surface area is 399 Å². The first kappa shape index (κ1) is 52.3. The minimum absolute atomic E-state index is 0.0149. The smallest absolute Gasteiger partial charge is 0.410 e. The fourth-order valence-electron chi connectivity index (χ4n) is 10.5. The number of likely N-dealkylation sites (N-methyl/N-ethyl adjacent to an activating group) is 2. The highest BCUT2D eigenvalue weighted by Gasteiger charge is 2.44. The van der Waals surface area contributed by atoms with Gasteiger partial charge in [-0.05, 0) is 71.9 Å². The summed E-state index contributed by atoms with van der Waals surface area (Å²) in [6.07, 6.45) is 1.84. The number of hydrogen-bond donors (Lipinski definition) is 2. The van der Waals surface area contributed by atoms with E-state index in [2.05, 4.69) is 67.8 Å². The fraction of sp³-hybridized carbons (Fsp3) is 0.566. The number of ether oxygens (including phenoxy) is 3. The molecule has 0 unspecified atom stereocenters. The third kappa shape index (κ3) is 12.2. The van der Waals surface area contributed by atoms with Gasteiger partial charge in [0, 0.05) is 52.2 Å². The number of carbonyl (C=O) groups excluding carboxylic acids is 4. The number of likely N-dealkylation sites (tertiary alicyclic amines) is 1. The Kier molecular flexibility index (Phi) is 19.3. The minimum Gasteiger partial charge on any atom is -0.448 e. The van der Waals surface area contributed by atoms with E-state index < -0.39 is 36.1 Å². The molecule has 2 N–H and O–H groups in total. The summed E-state index contributed by atoms with van der Waals surface area (Å²) < 4.78 is 18.2. The summed E-state index contributed by atoms with van der Waals surface area (Å²) in [4.78, 5) is 62.6. The summed E-state index contributed by atoms with van der Waals surface area (Å²) >= 11 is 5.87. The van der Waals surface area contributed by atoms with Crippen LogP contribution in [0.4, 0.5) is 4.79 Å². The van der Waals surface area contributed by atoms with Crippen molar-refractivity contribution >= 4 is 41.0 Å². The zero-order valence-corrected chi connectivity index (χ0v) is 41.9. The van der Waals surface area contributed by atoms with Crippen LogP contribution in [0.3, 0.4) is 0 Å². The molecule has 0 aromatic heterocycles. The highest BCUT2D eigenvalue weighted by Crippen LogP contribution is 2.44. The fourth-order valence-corrected chi connectivity index (χ4v) is 10.7. The molecule has 1 aliphatic heterocycles. The SMILES string of the molecule is CC[C@H](C)[C@@H]([C@@H](CC(=O)N1CCC[C@H]1[C@H](OC)[C@@H](C)C(=S)NCCc1ccccc1)OC)N(C)[C@H](C(=O)NC(=O)[C@H](C(C)C)N(C)C(=O)OCC1c2ccccc2-c2ccccc21)C(C)C. The number of amides is 4. The normalized spacial score (nSPS) is 17.9. The minimum atomic E-state index is -0.982. The quantitative estimate of drug-likeness (QED) is 0.0954. The number of imide groups is 1. The number of fused-ring (bicyclic) bond motifs is 3. The van der Waals surface area contributed by atoms with Crippen LogP contribution >= 0.6 is 12.2 Å². The van der Waals surface area contributed by atoms with Crippen molar-refractivity contribution in [1.29, 1.82) is 0 Å². The number of rotatable bonds is 22. The molecule has 360 valence electrons. The van der Waals surface area contributed by atoms with E-state index in [4.69, 9.17) is 26.4 Å². The molecule has 4 amide bonds. The van der Waals surface area contributed by atoms with Crippen molar-refractivity contribution in [3.05, 3.63) is 95.6 Å². The molecular formula is C53H75N5O7S. The van der Waals surface area contributed by atoms with Gasteiger partial charge in [0.25, 0.3) is 0 Å². The van der Waals surface area contributed by atoms with Gasteiger partial charge >= 0.3 is 6.09 Å². The van der Waals surface area contributed by atoms with Crippen LogP contribution in [-0.2, 0) is 35.0 Å². The van der Waals surface area contributed by atoms with Gasteiger partial charge in [0.05, 0.1) is 35.7 Å². The first-order valence-electron chi connectivity index (χ1n) is 23.9. The summed E-state index contributed by atoms with van der Waals surface area (Å²) in [6, 6.07) is 24.2. The average molecular weight is 926 g/mol. The van der Waals surface area contributed by atoms with E-state index in [-0.39, 0.29) is 66.7 Å². The van der Waals surface area contributed by atoms with Crippen molar-refractivity contribution in [2.24, 2.45) is 23.7 Å². The number of benzene rings is 3. The van der Waals surface area contributed by atoms with Gasteiger partial charge in [-0.25, -0.2) is 4.79 Å². The molecule has 1 aliphatic carbocycles. The summed E-state index contributed by atoms with van der Waals surface area (Å²) in [6.45, 7) is 15.2. The van der Waals surface area contributed by atoms with Crippen LogP contribution in [0.15, 0.2) is 78.9 Å². The van der Waals surface area contributed by atoms with Crippen LogP contribution in [0.2, 0.25) is 0 Å². The molecule has 3 aromatic carbocycles. The molecule has 0 spiro atoms. The molecular weight excluding hydrogens is 851 g/mol. The van der Waals surface area contributed by atoms with Gasteiger partial charge in [-0.1, -0.05) is 146 Å². The maximum absolute atomic E-state index is 14.4. The lowest BCUT2D eigenvalue weighted by atomic mass is 9.87. The van der Waals surface area contributed by atoms with Crippen molar-refractivity contribution in [3.63, 3.8) is 0 Å². The van der Waals surface area contributed by atoms with Crippen molar-refractivity contribution < 1.29 is 33.4 Å². The monoisotopic (exact) mass is 926 g/mol. The summed E-state index contributed by atoms with van der Waals surface area (Å²) in [5.41, 5.74) is 5.65. The van der Waals surface area contributed by atoms with E-state index in [1.807, 2.05) is 87.0 Å². The van der Waals surface area contributed by atoms with Crippen molar-refractivity contribution in [2.45, 2.75) is 123 Å². The van der Waals surface area contributed by atoms with E-state index >= 15 is 0 Å². The van der Waals surface area contributed by atoms with Gasteiger partial charge in [0.15, 0.2) is 0 Å². The van der Waals surface area contributed by atoms with Gasteiger partial charge in [-0.3, -0.25) is 29.5 Å². The molecule has 1 heterocycles. The van der Waals surface area contributed by atoms with Gasteiger partial charge in [-0.2, -0.15) is 0 Å². The number of thiocarbonyl (C=S) groups is 1.